The number of methoxy groups -OCH3 is 1. The number of carbonyl (C=O) groups is 1. The lowest BCUT2D eigenvalue weighted by molar-refractivity contribution is -0.274. The minimum Gasteiger partial charge on any atom is -0.461 e. The minimum absolute atomic E-state index is 0.0216. The van der Waals surface area contributed by atoms with Crippen LogP contribution in [-0.4, -0.2) is 57.1 Å². The summed E-state index contributed by atoms with van der Waals surface area (Å²) < 4.78 is 76.9. The summed E-state index contributed by atoms with van der Waals surface area (Å²) in [4.78, 5) is 25.4. The van der Waals surface area contributed by atoms with Gasteiger partial charge >= 0.3 is 12.3 Å². The number of esters is 1. The average molecular weight is 500 g/mol. The van der Waals surface area contributed by atoms with Crippen molar-refractivity contribution in [2.24, 2.45) is 0 Å². The van der Waals surface area contributed by atoms with Gasteiger partial charge in [-0.25, -0.2) is 17.9 Å². The molecule has 2 aromatic carbocycles. The number of nitrogens with zero attached hydrogens (tertiary/aromatic N) is 2. The van der Waals surface area contributed by atoms with Crippen molar-refractivity contribution in [3.05, 3.63) is 58.4 Å². The van der Waals surface area contributed by atoms with Crippen LogP contribution in [-0.2, 0) is 19.3 Å². The molecule has 0 aliphatic rings. The van der Waals surface area contributed by atoms with Crippen molar-refractivity contribution in [1.82, 2.24) is 9.78 Å². The van der Waals surface area contributed by atoms with Gasteiger partial charge in [0.05, 0.1) is 28.1 Å². The molecule has 3 rings (SSSR count). The third-order valence-electron chi connectivity index (χ3n) is 4.51. The number of ether oxygens (including phenoxy) is 3. The largest absolute Gasteiger partial charge is 0.573 e. The van der Waals surface area contributed by atoms with E-state index in [1.807, 2.05) is 0 Å². The molecule has 0 N–H and O–H groups in total. The van der Waals surface area contributed by atoms with Gasteiger partial charge in [0.25, 0.3) is 0 Å². The number of fused-ring (bicyclic) bond motifs is 1. The van der Waals surface area contributed by atoms with Gasteiger partial charge in [-0.2, -0.15) is 5.10 Å². The fourth-order valence-electron chi connectivity index (χ4n) is 3.11. The standard InChI is InChI=1S/C21H19F3N2O7S/c1-31-11-4-12-32-20(28)18-19(27)17-15(5-3-6-16(17)34(2,29)30)26(25-18)13-7-9-14(10-8-13)33-21(22,23)24/h3,5-10H,4,11-12H2,1-2H3. The van der Waals surface area contributed by atoms with Crippen LogP contribution in [0.5, 0.6) is 5.75 Å². The van der Waals surface area contributed by atoms with Crippen LogP contribution in [0, 0.1) is 0 Å². The number of carbonyl (C=O) groups excluding carboxylic acids is 1. The first-order valence-electron chi connectivity index (χ1n) is 9.71. The predicted molar refractivity (Wildman–Crippen MR) is 114 cm³/mol. The van der Waals surface area contributed by atoms with Gasteiger partial charge in [0.2, 0.25) is 11.1 Å². The molecule has 182 valence electrons. The Labute approximate surface area is 191 Å². The molecule has 0 spiro atoms. The first-order valence-corrected chi connectivity index (χ1v) is 11.6. The maximum Gasteiger partial charge on any atom is 0.573 e. The van der Waals surface area contributed by atoms with E-state index in [1.54, 1.807) is 0 Å². The summed E-state index contributed by atoms with van der Waals surface area (Å²) in [6, 6.07) is 8.41. The van der Waals surface area contributed by atoms with Gasteiger partial charge < -0.3 is 14.2 Å². The summed E-state index contributed by atoms with van der Waals surface area (Å²) >= 11 is 0. The lowest BCUT2D eigenvalue weighted by Crippen LogP contribution is -2.25. The quantitative estimate of drug-likeness (QED) is 0.343. The van der Waals surface area contributed by atoms with Crippen LogP contribution in [0.25, 0.3) is 16.6 Å². The van der Waals surface area contributed by atoms with Crippen molar-refractivity contribution in [2.45, 2.75) is 17.7 Å². The molecule has 0 aliphatic heterocycles. The Hall–Kier alpha value is -3.45. The Kier molecular flexibility index (Phi) is 7.26. The van der Waals surface area contributed by atoms with Crippen molar-refractivity contribution < 1.29 is 40.6 Å². The van der Waals surface area contributed by atoms with E-state index in [0.29, 0.717) is 13.0 Å². The Morgan fingerprint density at radius 3 is 2.35 bits per heavy atom. The zero-order valence-electron chi connectivity index (χ0n) is 18.0. The van der Waals surface area contributed by atoms with E-state index < -0.39 is 39.0 Å². The zero-order chi connectivity index (χ0) is 25.1. The maximum absolute atomic E-state index is 13.1. The second-order valence-corrected chi connectivity index (χ2v) is 9.02. The maximum atomic E-state index is 13.1. The molecule has 34 heavy (non-hydrogen) atoms. The van der Waals surface area contributed by atoms with Gasteiger partial charge in [-0.1, -0.05) is 6.07 Å². The Bertz CT molecular complexity index is 1370. The van der Waals surface area contributed by atoms with E-state index in [4.69, 9.17) is 9.47 Å². The molecule has 0 amide bonds. The molecule has 1 aromatic heterocycles. The highest BCUT2D eigenvalue weighted by molar-refractivity contribution is 7.91. The molecule has 0 saturated carbocycles. The predicted octanol–water partition coefficient (Wildman–Crippen LogP) is 2.88. The van der Waals surface area contributed by atoms with Crippen LogP contribution in [0.15, 0.2) is 52.2 Å². The summed E-state index contributed by atoms with van der Waals surface area (Å²) in [5.41, 5.74) is -1.48. The summed E-state index contributed by atoms with van der Waals surface area (Å²) in [5.74, 6) is -1.59. The number of benzene rings is 2. The third-order valence-corrected chi connectivity index (χ3v) is 5.65. The second kappa shape index (κ2) is 9.81. The Balaban J connectivity index is 2.20. The lowest BCUT2D eigenvalue weighted by atomic mass is 10.2. The highest BCUT2D eigenvalue weighted by Crippen LogP contribution is 2.26. The molecule has 3 aromatic rings. The van der Waals surface area contributed by atoms with Crippen LogP contribution < -0.4 is 10.2 Å². The topological polar surface area (TPSA) is 114 Å². The van der Waals surface area contributed by atoms with E-state index in [0.717, 1.165) is 23.1 Å². The molecule has 9 nitrogen and oxygen atoms in total. The van der Waals surface area contributed by atoms with Crippen molar-refractivity contribution in [1.29, 1.82) is 0 Å². The van der Waals surface area contributed by atoms with Crippen LogP contribution >= 0.6 is 0 Å². The van der Waals surface area contributed by atoms with Crippen molar-refractivity contribution >= 4 is 26.7 Å². The van der Waals surface area contributed by atoms with E-state index >= 15 is 0 Å². The van der Waals surface area contributed by atoms with Crippen LogP contribution in [0.3, 0.4) is 0 Å². The molecule has 0 atom stereocenters. The van der Waals surface area contributed by atoms with E-state index in [1.165, 1.54) is 37.4 Å². The van der Waals surface area contributed by atoms with Gasteiger partial charge in [0.15, 0.2) is 9.84 Å². The first kappa shape index (κ1) is 25.2. The molecular weight excluding hydrogens is 481 g/mol. The number of hydrogen-bond donors (Lipinski definition) is 0. The highest BCUT2D eigenvalue weighted by atomic mass is 32.2. The number of alkyl halides is 3. The molecule has 0 saturated heterocycles. The van der Waals surface area contributed by atoms with Gasteiger partial charge in [-0.3, -0.25) is 4.79 Å². The average Bonchev–Trinajstić information content (AvgIpc) is 2.75. The normalized spacial score (nSPS) is 12.0. The smallest absolute Gasteiger partial charge is 0.461 e. The van der Waals surface area contributed by atoms with Crippen LogP contribution in [0.1, 0.15) is 16.9 Å². The summed E-state index contributed by atoms with van der Waals surface area (Å²) in [6.07, 6.45) is -3.65. The van der Waals surface area contributed by atoms with E-state index in [-0.39, 0.29) is 28.1 Å². The number of halogens is 3. The van der Waals surface area contributed by atoms with E-state index in [2.05, 4.69) is 9.84 Å². The van der Waals surface area contributed by atoms with Crippen LogP contribution in [0.2, 0.25) is 0 Å². The van der Waals surface area contributed by atoms with Crippen molar-refractivity contribution in [3.63, 3.8) is 0 Å². The molecule has 1 heterocycles. The molecule has 0 unspecified atom stereocenters. The number of aromatic nitrogens is 2. The Morgan fingerprint density at radius 1 is 1.09 bits per heavy atom. The van der Waals surface area contributed by atoms with Crippen molar-refractivity contribution in [3.8, 4) is 11.4 Å². The van der Waals surface area contributed by atoms with Crippen LogP contribution in [0.4, 0.5) is 13.2 Å². The fraction of sp³-hybridized carbons (Fsp3) is 0.286. The molecule has 13 heteroatoms. The molecular formula is C21H19F3N2O7S. The van der Waals surface area contributed by atoms with Gasteiger partial charge in [0.1, 0.15) is 5.75 Å². The summed E-state index contributed by atoms with van der Waals surface area (Å²) in [7, 11) is -2.44. The van der Waals surface area contributed by atoms with E-state index in [9.17, 15) is 31.2 Å². The zero-order valence-corrected chi connectivity index (χ0v) is 18.8. The number of sulfone groups is 1. The minimum atomic E-state index is -4.89. The second-order valence-electron chi connectivity index (χ2n) is 7.04. The highest BCUT2D eigenvalue weighted by Gasteiger charge is 2.31. The summed E-state index contributed by atoms with van der Waals surface area (Å²) in [6.45, 7) is 0.219. The summed E-state index contributed by atoms with van der Waals surface area (Å²) in [5, 5.41) is 3.73. The monoisotopic (exact) mass is 500 g/mol. The Morgan fingerprint density at radius 2 is 1.76 bits per heavy atom. The first-order chi connectivity index (χ1) is 15.9. The lowest BCUT2D eigenvalue weighted by Gasteiger charge is -2.14. The molecule has 0 fully saturated rings. The van der Waals surface area contributed by atoms with Gasteiger partial charge in [0, 0.05) is 26.4 Å². The third kappa shape index (κ3) is 5.72. The van der Waals surface area contributed by atoms with Gasteiger partial charge in [-0.15, -0.1) is 13.2 Å². The number of rotatable bonds is 8. The number of hydrogen-bond acceptors (Lipinski definition) is 8. The molecule has 0 bridgehead atoms. The molecule has 0 aliphatic carbocycles. The SMILES string of the molecule is COCCCOC(=O)c1nn(-c2ccc(OC(F)(F)F)cc2)c2cccc(S(C)(=O)=O)c2c1=O. The van der Waals surface area contributed by atoms with Gasteiger partial charge in [-0.05, 0) is 36.4 Å². The van der Waals surface area contributed by atoms with Crippen molar-refractivity contribution in [2.75, 3.05) is 26.6 Å². The fourth-order valence-corrected chi connectivity index (χ4v) is 4.00. The molecule has 0 radical (unpaired) electrons.